The number of aryl methyl sites for hydroxylation is 4. The van der Waals surface area contributed by atoms with Crippen LogP contribution < -0.4 is 5.32 Å². The molecular weight excluding hydrogens is 276 g/mol. The highest BCUT2D eigenvalue weighted by molar-refractivity contribution is 5.36. The van der Waals surface area contributed by atoms with E-state index >= 15 is 0 Å². The number of anilines is 1. The highest BCUT2D eigenvalue weighted by Gasteiger charge is 2.20. The van der Waals surface area contributed by atoms with Crippen molar-refractivity contribution in [3.05, 3.63) is 28.3 Å². The molecule has 0 saturated heterocycles. The van der Waals surface area contributed by atoms with Gasteiger partial charge in [0.1, 0.15) is 0 Å². The Labute approximate surface area is 132 Å². The molecule has 2 aromatic heterocycles. The summed E-state index contributed by atoms with van der Waals surface area (Å²) in [5.41, 5.74) is 5.45. The maximum atomic E-state index is 4.63. The van der Waals surface area contributed by atoms with Crippen LogP contribution in [0.1, 0.15) is 61.6 Å². The Balaban J connectivity index is 2.31. The third kappa shape index (κ3) is 3.10. The molecule has 0 fully saturated rings. The van der Waals surface area contributed by atoms with Crippen molar-refractivity contribution in [2.24, 2.45) is 7.05 Å². The van der Waals surface area contributed by atoms with Gasteiger partial charge in [-0.2, -0.15) is 10.2 Å². The van der Waals surface area contributed by atoms with Gasteiger partial charge in [-0.1, -0.05) is 20.8 Å². The normalized spacial score (nSPS) is 12.5. The van der Waals surface area contributed by atoms with Crippen molar-refractivity contribution >= 4 is 5.95 Å². The predicted molar refractivity (Wildman–Crippen MR) is 87.9 cm³/mol. The van der Waals surface area contributed by atoms with Crippen molar-refractivity contribution in [3.63, 3.8) is 0 Å². The number of rotatable bonds is 6. The van der Waals surface area contributed by atoms with E-state index in [9.17, 15) is 0 Å². The fourth-order valence-electron chi connectivity index (χ4n) is 2.83. The number of aromatic nitrogens is 5. The lowest BCUT2D eigenvalue weighted by Gasteiger charge is -2.18. The summed E-state index contributed by atoms with van der Waals surface area (Å²) in [7, 11) is 1.97. The Bertz CT molecular complexity index is 646. The van der Waals surface area contributed by atoms with Gasteiger partial charge in [-0.25, -0.2) is 4.98 Å². The minimum atomic E-state index is 0.146. The molecular formula is C16H26N6. The summed E-state index contributed by atoms with van der Waals surface area (Å²) >= 11 is 0. The topological polar surface area (TPSA) is 68.5 Å². The van der Waals surface area contributed by atoms with Crippen molar-refractivity contribution in [2.45, 2.75) is 59.9 Å². The van der Waals surface area contributed by atoms with Crippen LogP contribution >= 0.6 is 0 Å². The first-order chi connectivity index (χ1) is 10.5. The van der Waals surface area contributed by atoms with Crippen LogP contribution in [0.2, 0.25) is 0 Å². The molecule has 2 rings (SSSR count). The molecule has 0 radical (unpaired) electrons. The summed E-state index contributed by atoms with van der Waals surface area (Å²) in [5, 5.41) is 16.5. The second kappa shape index (κ2) is 6.85. The molecule has 0 saturated carbocycles. The molecule has 0 amide bonds. The molecule has 0 aliphatic rings. The monoisotopic (exact) mass is 302 g/mol. The number of hydrogen-bond acceptors (Lipinski definition) is 5. The van der Waals surface area contributed by atoms with Crippen LogP contribution in [0.25, 0.3) is 0 Å². The number of hydrogen-bond donors (Lipinski definition) is 1. The lowest BCUT2D eigenvalue weighted by Crippen LogP contribution is -2.16. The quantitative estimate of drug-likeness (QED) is 0.888. The molecule has 22 heavy (non-hydrogen) atoms. The second-order valence-electron chi connectivity index (χ2n) is 5.55. The van der Waals surface area contributed by atoms with Crippen LogP contribution in [0, 0.1) is 13.8 Å². The van der Waals surface area contributed by atoms with Gasteiger partial charge >= 0.3 is 0 Å². The molecule has 0 aromatic carbocycles. The average Bonchev–Trinajstić information content (AvgIpc) is 2.77. The summed E-state index contributed by atoms with van der Waals surface area (Å²) < 4.78 is 1.92. The Morgan fingerprint density at radius 3 is 2.23 bits per heavy atom. The molecule has 2 heterocycles. The van der Waals surface area contributed by atoms with Crippen LogP contribution in [0.15, 0.2) is 0 Å². The van der Waals surface area contributed by atoms with Crippen molar-refractivity contribution < 1.29 is 0 Å². The van der Waals surface area contributed by atoms with Gasteiger partial charge in [-0.05, 0) is 33.1 Å². The summed E-state index contributed by atoms with van der Waals surface area (Å²) in [6.45, 7) is 10.5. The van der Waals surface area contributed by atoms with E-state index in [1.54, 1.807) is 0 Å². The van der Waals surface area contributed by atoms with Crippen molar-refractivity contribution in [2.75, 3.05) is 5.32 Å². The highest BCUT2D eigenvalue weighted by Crippen LogP contribution is 2.26. The summed E-state index contributed by atoms with van der Waals surface area (Å²) in [6, 6.07) is 0.146. The van der Waals surface area contributed by atoms with Gasteiger partial charge in [0, 0.05) is 18.3 Å². The average molecular weight is 302 g/mol. The van der Waals surface area contributed by atoms with Gasteiger partial charge in [-0.15, -0.1) is 5.10 Å². The zero-order valence-electron chi connectivity index (χ0n) is 14.4. The van der Waals surface area contributed by atoms with E-state index in [0.29, 0.717) is 5.95 Å². The molecule has 0 aliphatic carbocycles. The van der Waals surface area contributed by atoms with Gasteiger partial charge in [0.05, 0.1) is 23.1 Å². The molecule has 0 aliphatic heterocycles. The van der Waals surface area contributed by atoms with Gasteiger partial charge in [0.2, 0.25) is 5.95 Å². The first-order valence-corrected chi connectivity index (χ1v) is 8.00. The minimum absolute atomic E-state index is 0.146. The van der Waals surface area contributed by atoms with Gasteiger partial charge in [-0.3, -0.25) is 4.68 Å². The Hall–Kier alpha value is -1.98. The zero-order chi connectivity index (χ0) is 16.3. The molecule has 1 atom stereocenters. The van der Waals surface area contributed by atoms with E-state index in [4.69, 9.17) is 0 Å². The standard InChI is InChI=1S/C16H26N6/c1-7-12-13(8-2)19-20-16(17-12)18-14(9-3)15-10(4)21-22(6)11(15)5/h14H,7-9H2,1-6H3,(H,17,18,20). The van der Waals surface area contributed by atoms with E-state index in [-0.39, 0.29) is 6.04 Å². The van der Waals surface area contributed by atoms with Crippen molar-refractivity contribution in [3.8, 4) is 0 Å². The Morgan fingerprint density at radius 1 is 1.05 bits per heavy atom. The number of nitrogens with zero attached hydrogens (tertiary/aromatic N) is 5. The summed E-state index contributed by atoms with van der Waals surface area (Å²) in [5.74, 6) is 0.601. The van der Waals surface area contributed by atoms with Crippen LogP contribution in [-0.2, 0) is 19.9 Å². The maximum Gasteiger partial charge on any atom is 0.243 e. The Kier molecular flexibility index (Phi) is 5.11. The first kappa shape index (κ1) is 16.4. The smallest absolute Gasteiger partial charge is 0.243 e. The fourth-order valence-corrected chi connectivity index (χ4v) is 2.83. The van der Waals surface area contributed by atoms with Gasteiger partial charge in [0.15, 0.2) is 0 Å². The largest absolute Gasteiger partial charge is 0.346 e. The van der Waals surface area contributed by atoms with Gasteiger partial charge in [0.25, 0.3) is 0 Å². The van der Waals surface area contributed by atoms with Gasteiger partial charge < -0.3 is 5.32 Å². The SMILES string of the molecule is CCc1nnc(NC(CC)c2c(C)nn(C)c2C)nc1CC. The molecule has 120 valence electrons. The van der Waals surface area contributed by atoms with E-state index in [2.05, 4.69) is 53.3 Å². The third-order valence-electron chi connectivity index (χ3n) is 4.13. The van der Waals surface area contributed by atoms with E-state index < -0.39 is 0 Å². The highest BCUT2D eigenvalue weighted by atomic mass is 15.3. The molecule has 1 unspecified atom stereocenters. The molecule has 6 nitrogen and oxygen atoms in total. The van der Waals surface area contributed by atoms with Crippen LogP contribution in [0.4, 0.5) is 5.95 Å². The van der Waals surface area contributed by atoms with Crippen molar-refractivity contribution in [1.82, 2.24) is 25.0 Å². The molecule has 6 heteroatoms. The van der Waals surface area contributed by atoms with E-state index in [0.717, 1.165) is 36.3 Å². The molecule has 0 spiro atoms. The third-order valence-corrected chi connectivity index (χ3v) is 4.13. The Morgan fingerprint density at radius 2 is 1.73 bits per heavy atom. The predicted octanol–water partition coefficient (Wildman–Crippen LogP) is 2.91. The van der Waals surface area contributed by atoms with E-state index in [1.165, 1.54) is 11.3 Å². The zero-order valence-corrected chi connectivity index (χ0v) is 14.4. The second-order valence-corrected chi connectivity index (χ2v) is 5.55. The summed E-state index contributed by atoms with van der Waals surface area (Å²) in [6.07, 6.45) is 2.67. The minimum Gasteiger partial charge on any atom is -0.346 e. The molecule has 1 N–H and O–H groups in total. The maximum absolute atomic E-state index is 4.63. The van der Waals surface area contributed by atoms with Crippen LogP contribution in [-0.4, -0.2) is 25.0 Å². The van der Waals surface area contributed by atoms with Crippen LogP contribution in [0.5, 0.6) is 0 Å². The molecule has 2 aromatic rings. The van der Waals surface area contributed by atoms with Crippen LogP contribution in [0.3, 0.4) is 0 Å². The van der Waals surface area contributed by atoms with Crippen molar-refractivity contribution in [1.29, 1.82) is 0 Å². The van der Waals surface area contributed by atoms with E-state index in [1.807, 2.05) is 18.7 Å². The molecule has 0 bridgehead atoms. The number of nitrogens with one attached hydrogen (secondary N) is 1. The first-order valence-electron chi connectivity index (χ1n) is 8.00. The fraction of sp³-hybridized carbons (Fsp3) is 0.625. The summed E-state index contributed by atoms with van der Waals surface area (Å²) in [4.78, 5) is 4.63. The lowest BCUT2D eigenvalue weighted by molar-refractivity contribution is 0.704. The lowest BCUT2D eigenvalue weighted by atomic mass is 10.0.